The Morgan fingerprint density at radius 1 is 1.28 bits per heavy atom. The Morgan fingerprint density at radius 3 is 2.50 bits per heavy atom. The van der Waals surface area contributed by atoms with Crippen LogP contribution in [0.2, 0.25) is 0 Å². The van der Waals surface area contributed by atoms with E-state index in [1.54, 1.807) is 24.3 Å². The Labute approximate surface area is 108 Å². The minimum absolute atomic E-state index is 0.345. The Bertz CT molecular complexity index is 477. The summed E-state index contributed by atoms with van der Waals surface area (Å²) in [6.07, 6.45) is 3.82. The van der Waals surface area contributed by atoms with E-state index in [2.05, 4.69) is 5.32 Å². The Hall–Kier alpha value is -1.07. The van der Waals surface area contributed by atoms with Crippen molar-refractivity contribution in [1.29, 1.82) is 0 Å². The minimum atomic E-state index is -3.10. The van der Waals surface area contributed by atoms with E-state index in [1.165, 1.54) is 19.1 Å². The van der Waals surface area contributed by atoms with E-state index in [0.717, 1.165) is 24.8 Å². The molecular weight excluding hydrogens is 250 g/mol. The number of anilines is 1. The molecule has 0 saturated heterocycles. The van der Waals surface area contributed by atoms with Crippen molar-refractivity contribution in [3.8, 4) is 0 Å². The van der Waals surface area contributed by atoms with E-state index in [4.69, 9.17) is 4.74 Å². The molecule has 1 aromatic rings. The van der Waals surface area contributed by atoms with Gasteiger partial charge in [0, 0.05) is 25.1 Å². The Morgan fingerprint density at radius 2 is 1.94 bits per heavy atom. The van der Waals surface area contributed by atoms with Gasteiger partial charge in [0.2, 0.25) is 0 Å². The highest BCUT2D eigenvalue weighted by Gasteiger charge is 2.20. The summed E-state index contributed by atoms with van der Waals surface area (Å²) >= 11 is 0. The lowest BCUT2D eigenvalue weighted by Gasteiger charge is -2.07. The zero-order valence-electron chi connectivity index (χ0n) is 10.6. The first kappa shape index (κ1) is 13.4. The van der Waals surface area contributed by atoms with Gasteiger partial charge in [0.25, 0.3) is 0 Å². The summed E-state index contributed by atoms with van der Waals surface area (Å²) in [5, 5.41) is 3.20. The lowest BCUT2D eigenvalue weighted by atomic mass is 10.3. The summed E-state index contributed by atoms with van der Waals surface area (Å²) in [4.78, 5) is 0.345. The van der Waals surface area contributed by atoms with Gasteiger partial charge in [-0.2, -0.15) is 0 Å². The van der Waals surface area contributed by atoms with Crippen molar-refractivity contribution >= 4 is 15.5 Å². The number of hydrogen-bond acceptors (Lipinski definition) is 4. The molecule has 0 radical (unpaired) electrons. The first-order valence-electron chi connectivity index (χ1n) is 6.17. The van der Waals surface area contributed by atoms with E-state index >= 15 is 0 Å². The summed E-state index contributed by atoms with van der Waals surface area (Å²) in [6.45, 7) is 2.30. The zero-order valence-corrected chi connectivity index (χ0v) is 11.4. The van der Waals surface area contributed by atoms with Crippen LogP contribution in [0.3, 0.4) is 0 Å². The molecule has 1 aromatic carbocycles. The molecule has 0 heterocycles. The first-order chi connectivity index (χ1) is 8.55. The highest BCUT2D eigenvalue weighted by atomic mass is 32.2. The average molecular weight is 269 g/mol. The second-order valence-electron chi connectivity index (χ2n) is 4.74. The van der Waals surface area contributed by atoms with Crippen LogP contribution in [0.15, 0.2) is 29.2 Å². The van der Waals surface area contributed by atoms with Crippen LogP contribution in [0, 0.1) is 5.92 Å². The van der Waals surface area contributed by atoms with Crippen LogP contribution in [-0.2, 0) is 14.6 Å². The molecule has 1 N–H and O–H groups in total. The van der Waals surface area contributed by atoms with Gasteiger partial charge in [-0.05, 0) is 43.0 Å². The molecule has 0 atom stereocenters. The lowest BCUT2D eigenvalue weighted by Crippen LogP contribution is -2.10. The summed E-state index contributed by atoms with van der Waals surface area (Å²) < 4.78 is 28.0. The van der Waals surface area contributed by atoms with Gasteiger partial charge in [-0.25, -0.2) is 8.42 Å². The van der Waals surface area contributed by atoms with Crippen molar-refractivity contribution in [2.75, 3.05) is 31.3 Å². The van der Waals surface area contributed by atoms with Gasteiger partial charge < -0.3 is 10.1 Å². The highest BCUT2D eigenvalue weighted by Crippen LogP contribution is 2.28. The minimum Gasteiger partial charge on any atom is -0.383 e. The largest absolute Gasteiger partial charge is 0.383 e. The third-order valence-corrected chi connectivity index (χ3v) is 4.04. The molecule has 18 heavy (non-hydrogen) atoms. The normalized spacial score (nSPS) is 15.6. The molecule has 1 saturated carbocycles. The maximum absolute atomic E-state index is 11.3. The van der Waals surface area contributed by atoms with Crippen LogP contribution in [0.4, 0.5) is 5.69 Å². The molecule has 1 aliphatic rings. The number of nitrogens with one attached hydrogen (secondary N) is 1. The van der Waals surface area contributed by atoms with E-state index in [9.17, 15) is 8.42 Å². The molecule has 0 unspecified atom stereocenters. The van der Waals surface area contributed by atoms with Crippen LogP contribution in [-0.4, -0.2) is 34.4 Å². The fraction of sp³-hybridized carbons (Fsp3) is 0.538. The van der Waals surface area contributed by atoms with Crippen LogP contribution >= 0.6 is 0 Å². The van der Waals surface area contributed by atoms with Crippen molar-refractivity contribution in [1.82, 2.24) is 0 Å². The maximum Gasteiger partial charge on any atom is 0.175 e. The highest BCUT2D eigenvalue weighted by molar-refractivity contribution is 7.90. The SMILES string of the molecule is CS(=O)(=O)c1ccc(NCCOCC2CC2)cc1. The number of benzene rings is 1. The molecule has 5 heteroatoms. The van der Waals surface area contributed by atoms with E-state index in [0.29, 0.717) is 11.5 Å². The van der Waals surface area contributed by atoms with Gasteiger partial charge in [0.05, 0.1) is 11.5 Å². The predicted octanol–water partition coefficient (Wildman–Crippen LogP) is 1.93. The van der Waals surface area contributed by atoms with Crippen molar-refractivity contribution in [3.05, 3.63) is 24.3 Å². The topological polar surface area (TPSA) is 55.4 Å². The van der Waals surface area contributed by atoms with Crippen molar-refractivity contribution in [3.63, 3.8) is 0 Å². The third-order valence-electron chi connectivity index (χ3n) is 2.91. The van der Waals surface area contributed by atoms with Gasteiger partial charge in [-0.15, -0.1) is 0 Å². The quantitative estimate of drug-likeness (QED) is 0.768. The summed E-state index contributed by atoms with van der Waals surface area (Å²) in [5.74, 6) is 0.791. The van der Waals surface area contributed by atoms with Gasteiger partial charge in [0.1, 0.15) is 0 Å². The molecule has 1 aliphatic carbocycles. The Kier molecular flexibility index (Phi) is 4.24. The second kappa shape index (κ2) is 5.71. The fourth-order valence-corrected chi connectivity index (χ4v) is 2.25. The van der Waals surface area contributed by atoms with E-state index < -0.39 is 9.84 Å². The monoisotopic (exact) mass is 269 g/mol. The van der Waals surface area contributed by atoms with E-state index in [1.807, 2.05) is 0 Å². The molecule has 0 spiro atoms. The third kappa shape index (κ3) is 4.31. The van der Waals surface area contributed by atoms with Gasteiger partial charge in [-0.3, -0.25) is 0 Å². The maximum atomic E-state index is 11.3. The number of ether oxygens (including phenoxy) is 1. The average Bonchev–Trinajstić information content (AvgIpc) is 3.12. The van der Waals surface area contributed by atoms with E-state index in [-0.39, 0.29) is 0 Å². The molecular formula is C13H19NO3S. The summed E-state index contributed by atoms with van der Waals surface area (Å²) in [7, 11) is -3.10. The molecule has 0 bridgehead atoms. The molecule has 4 nitrogen and oxygen atoms in total. The second-order valence-corrected chi connectivity index (χ2v) is 6.76. The number of rotatable bonds is 7. The van der Waals surface area contributed by atoms with Crippen molar-refractivity contribution < 1.29 is 13.2 Å². The van der Waals surface area contributed by atoms with Crippen LogP contribution in [0.1, 0.15) is 12.8 Å². The molecule has 0 aliphatic heterocycles. The summed E-state index contributed by atoms with van der Waals surface area (Å²) in [6, 6.07) is 6.78. The lowest BCUT2D eigenvalue weighted by molar-refractivity contribution is 0.134. The smallest absolute Gasteiger partial charge is 0.175 e. The van der Waals surface area contributed by atoms with Crippen LogP contribution in [0.5, 0.6) is 0 Å². The fourth-order valence-electron chi connectivity index (χ4n) is 1.62. The van der Waals surface area contributed by atoms with Gasteiger partial charge in [0.15, 0.2) is 9.84 Å². The first-order valence-corrected chi connectivity index (χ1v) is 8.06. The van der Waals surface area contributed by atoms with Crippen LogP contribution in [0.25, 0.3) is 0 Å². The molecule has 1 fully saturated rings. The van der Waals surface area contributed by atoms with Crippen molar-refractivity contribution in [2.45, 2.75) is 17.7 Å². The predicted molar refractivity (Wildman–Crippen MR) is 71.6 cm³/mol. The van der Waals surface area contributed by atoms with Crippen LogP contribution < -0.4 is 5.32 Å². The van der Waals surface area contributed by atoms with Crippen molar-refractivity contribution in [2.24, 2.45) is 5.92 Å². The molecule has 2 rings (SSSR count). The molecule has 0 aromatic heterocycles. The number of hydrogen-bond donors (Lipinski definition) is 1. The van der Waals surface area contributed by atoms with Gasteiger partial charge >= 0.3 is 0 Å². The Balaban J connectivity index is 1.72. The number of sulfone groups is 1. The molecule has 100 valence electrons. The summed E-state index contributed by atoms with van der Waals surface area (Å²) in [5.41, 5.74) is 0.914. The molecule has 0 amide bonds. The zero-order chi connectivity index (χ0) is 13.0. The van der Waals surface area contributed by atoms with Gasteiger partial charge in [-0.1, -0.05) is 0 Å². The standard InChI is InChI=1S/C13H19NO3S/c1-18(15,16)13-6-4-12(5-7-13)14-8-9-17-10-11-2-3-11/h4-7,11,14H,2-3,8-10H2,1H3.